The molecule has 0 aliphatic heterocycles. The molecule has 0 aromatic heterocycles. The predicted octanol–water partition coefficient (Wildman–Crippen LogP) is 1.74. The van der Waals surface area contributed by atoms with Crippen LogP contribution in [-0.4, -0.2) is 21.1 Å². The molecule has 1 aromatic carbocycles. The maximum atomic E-state index is 12.7. The molecule has 0 saturated heterocycles. The fraction of sp³-hybridized carbons (Fsp3) is 0.333. The van der Waals surface area contributed by atoms with Crippen LogP contribution in [0.2, 0.25) is 3.93 Å². The number of hydrogen-bond donors (Lipinski definition) is 0. The molecule has 2 heteroatoms. The quantitative estimate of drug-likeness (QED) is 0.706. The van der Waals surface area contributed by atoms with Crippen molar-refractivity contribution in [2.75, 3.05) is 0 Å². The molecule has 2 radical (unpaired) electrons. The zero-order valence-electron chi connectivity index (χ0n) is 6.18. The van der Waals surface area contributed by atoms with Gasteiger partial charge >= 0.3 is 76.0 Å². The van der Waals surface area contributed by atoms with E-state index in [0.717, 1.165) is 3.93 Å². The Balaban J connectivity index is 2.10. The summed E-state index contributed by atoms with van der Waals surface area (Å²) in [7, 11) is 0. The fourth-order valence-corrected chi connectivity index (χ4v) is 4.87. The number of benzene rings is 1. The first kappa shape index (κ1) is 7.59. The molecule has 1 aromatic rings. The molecule has 1 aliphatic rings. The van der Waals surface area contributed by atoms with Crippen LogP contribution in [0, 0.1) is 5.82 Å². The van der Waals surface area contributed by atoms with E-state index in [1.807, 2.05) is 6.07 Å². The van der Waals surface area contributed by atoms with Crippen molar-refractivity contribution in [3.63, 3.8) is 0 Å². The summed E-state index contributed by atoms with van der Waals surface area (Å²) in [6.07, 6.45) is 2.81. The molecule has 0 nitrogen and oxygen atoms in total. The van der Waals surface area contributed by atoms with E-state index in [9.17, 15) is 4.39 Å². The second kappa shape index (κ2) is 3.13. The predicted molar refractivity (Wildman–Crippen MR) is 44.8 cm³/mol. The van der Waals surface area contributed by atoms with E-state index in [1.54, 1.807) is 6.07 Å². The van der Waals surface area contributed by atoms with Gasteiger partial charge in [0.1, 0.15) is 0 Å². The second-order valence-electron chi connectivity index (χ2n) is 2.93. The van der Waals surface area contributed by atoms with Crippen molar-refractivity contribution in [1.29, 1.82) is 0 Å². The van der Waals surface area contributed by atoms with Crippen LogP contribution in [-0.2, 0) is 0 Å². The van der Waals surface area contributed by atoms with Crippen molar-refractivity contribution in [3.8, 4) is 0 Å². The molecule has 56 valence electrons. The standard InChI is InChI=1S/C6H4F.C3H5.Sn/c7-6-4-2-1-3-5-6;1-2-3-1;/h1-2,4-5H;1H,2-3H2;. The van der Waals surface area contributed by atoms with Gasteiger partial charge in [0.2, 0.25) is 0 Å². The maximum absolute atomic E-state index is 12.7. The third-order valence-electron chi connectivity index (χ3n) is 1.77. The van der Waals surface area contributed by atoms with Crippen molar-refractivity contribution < 1.29 is 4.39 Å². The molecule has 1 fully saturated rings. The van der Waals surface area contributed by atoms with Gasteiger partial charge in [-0.25, -0.2) is 0 Å². The minimum absolute atomic E-state index is 0.0657. The topological polar surface area (TPSA) is 0 Å². The summed E-state index contributed by atoms with van der Waals surface area (Å²) in [4.78, 5) is 0. The van der Waals surface area contributed by atoms with Crippen LogP contribution >= 0.6 is 0 Å². The molecule has 1 aliphatic carbocycles. The Bertz CT molecular complexity index is 255. The van der Waals surface area contributed by atoms with Gasteiger partial charge in [-0.3, -0.25) is 0 Å². The van der Waals surface area contributed by atoms with Gasteiger partial charge in [-0.1, -0.05) is 0 Å². The molecule has 0 unspecified atom stereocenters. The van der Waals surface area contributed by atoms with Crippen LogP contribution in [0.3, 0.4) is 0 Å². The van der Waals surface area contributed by atoms with E-state index < -0.39 is 21.1 Å². The zero-order chi connectivity index (χ0) is 7.68. The molecule has 0 spiro atoms. The Morgan fingerprint density at radius 3 is 2.82 bits per heavy atom. The van der Waals surface area contributed by atoms with Crippen LogP contribution in [0.15, 0.2) is 24.3 Å². The summed E-state index contributed by atoms with van der Waals surface area (Å²) in [5.41, 5.74) is 0. The summed E-state index contributed by atoms with van der Waals surface area (Å²) in [5, 5.41) is 0. The molecule has 2 rings (SSSR count). The third kappa shape index (κ3) is 2.19. The Morgan fingerprint density at radius 2 is 2.18 bits per heavy atom. The second-order valence-corrected chi connectivity index (χ2v) is 7.73. The van der Waals surface area contributed by atoms with Crippen LogP contribution in [0.5, 0.6) is 0 Å². The average Bonchev–Trinajstić information content (AvgIpc) is 2.71. The fourth-order valence-electron chi connectivity index (χ4n) is 1.04. The Labute approximate surface area is 76.0 Å². The van der Waals surface area contributed by atoms with Gasteiger partial charge in [0.05, 0.1) is 0 Å². The van der Waals surface area contributed by atoms with Crippen LogP contribution in [0.25, 0.3) is 0 Å². The first-order valence-electron chi connectivity index (χ1n) is 3.87. The van der Waals surface area contributed by atoms with Gasteiger partial charge in [0.15, 0.2) is 0 Å². The third-order valence-corrected chi connectivity index (χ3v) is 6.42. The van der Waals surface area contributed by atoms with Gasteiger partial charge in [0, 0.05) is 0 Å². The van der Waals surface area contributed by atoms with Crippen molar-refractivity contribution in [3.05, 3.63) is 30.1 Å². The molecule has 0 N–H and O–H groups in total. The van der Waals surface area contributed by atoms with E-state index >= 15 is 0 Å². The molecule has 0 amide bonds. The van der Waals surface area contributed by atoms with E-state index in [1.165, 1.54) is 22.5 Å². The summed E-state index contributed by atoms with van der Waals surface area (Å²) < 4.78 is 15.0. The van der Waals surface area contributed by atoms with Gasteiger partial charge in [-0.05, 0) is 0 Å². The Kier molecular flexibility index (Phi) is 2.16. The van der Waals surface area contributed by atoms with Crippen LogP contribution in [0.4, 0.5) is 4.39 Å². The number of rotatable bonds is 2. The SMILES string of the molecule is Fc1ccc[c]([Sn][CH]2CC2)c1. The van der Waals surface area contributed by atoms with Gasteiger partial charge in [0.25, 0.3) is 0 Å². The first-order chi connectivity index (χ1) is 5.34. The van der Waals surface area contributed by atoms with E-state index in [-0.39, 0.29) is 5.82 Å². The molecule has 0 atom stereocenters. The summed E-state index contributed by atoms with van der Waals surface area (Å²) in [5.74, 6) is -0.0657. The summed E-state index contributed by atoms with van der Waals surface area (Å²) >= 11 is -0.394. The average molecular weight is 255 g/mol. The van der Waals surface area contributed by atoms with Gasteiger partial charge < -0.3 is 0 Å². The molecular formula is C9H9FSn. The first-order valence-corrected chi connectivity index (χ1v) is 6.94. The molecule has 0 bridgehead atoms. The van der Waals surface area contributed by atoms with Crippen molar-refractivity contribution in [1.82, 2.24) is 0 Å². The van der Waals surface area contributed by atoms with E-state index in [2.05, 4.69) is 6.07 Å². The van der Waals surface area contributed by atoms with Crippen LogP contribution < -0.4 is 3.58 Å². The zero-order valence-corrected chi connectivity index (χ0v) is 9.03. The van der Waals surface area contributed by atoms with E-state index in [0.29, 0.717) is 0 Å². The molecule has 11 heavy (non-hydrogen) atoms. The van der Waals surface area contributed by atoms with Crippen molar-refractivity contribution >= 4 is 24.7 Å². The van der Waals surface area contributed by atoms with Crippen molar-refractivity contribution in [2.45, 2.75) is 16.8 Å². The molecular weight excluding hydrogens is 246 g/mol. The normalized spacial score (nSPS) is 16.8. The van der Waals surface area contributed by atoms with Crippen LogP contribution in [0.1, 0.15) is 12.8 Å². The van der Waals surface area contributed by atoms with E-state index in [4.69, 9.17) is 0 Å². The summed E-state index contributed by atoms with van der Waals surface area (Å²) in [6, 6.07) is 7.14. The van der Waals surface area contributed by atoms with Gasteiger partial charge in [-0.15, -0.1) is 0 Å². The number of hydrogen-bond acceptors (Lipinski definition) is 0. The van der Waals surface area contributed by atoms with Gasteiger partial charge in [-0.2, -0.15) is 0 Å². The Morgan fingerprint density at radius 1 is 1.36 bits per heavy atom. The minimum atomic E-state index is -0.394. The summed E-state index contributed by atoms with van der Waals surface area (Å²) in [6.45, 7) is 0. The molecule has 0 heterocycles. The van der Waals surface area contributed by atoms with Crippen molar-refractivity contribution in [2.24, 2.45) is 0 Å². The Hall–Kier alpha value is -0.0513. The molecule has 1 saturated carbocycles. The monoisotopic (exact) mass is 256 g/mol. The number of halogens is 1.